The first-order valence-electron chi connectivity index (χ1n) is 11.0. The summed E-state index contributed by atoms with van der Waals surface area (Å²) in [5.74, 6) is 0.433. The molecule has 1 atom stereocenters. The lowest BCUT2D eigenvalue weighted by atomic mass is 9.98. The van der Waals surface area contributed by atoms with Crippen molar-refractivity contribution in [1.82, 2.24) is 14.4 Å². The van der Waals surface area contributed by atoms with Crippen molar-refractivity contribution in [2.75, 3.05) is 18.4 Å². The molecule has 1 aliphatic heterocycles. The van der Waals surface area contributed by atoms with Crippen molar-refractivity contribution in [1.29, 1.82) is 0 Å². The largest absolute Gasteiger partial charge is 0.339 e. The predicted molar refractivity (Wildman–Crippen MR) is 128 cm³/mol. The highest BCUT2D eigenvalue weighted by Gasteiger charge is 2.35. The number of aromatic nitrogens is 2. The summed E-state index contributed by atoms with van der Waals surface area (Å²) in [7, 11) is -3.76. The van der Waals surface area contributed by atoms with Gasteiger partial charge in [-0.05, 0) is 50.5 Å². The molecular formula is C23H28N4O4S2. The Labute approximate surface area is 198 Å². The average Bonchev–Trinajstić information content (AvgIpc) is 3.41. The van der Waals surface area contributed by atoms with Crippen molar-refractivity contribution < 1.29 is 17.7 Å². The van der Waals surface area contributed by atoms with Gasteiger partial charge in [-0.2, -0.15) is 9.29 Å². The lowest BCUT2D eigenvalue weighted by Crippen LogP contribution is -2.43. The van der Waals surface area contributed by atoms with E-state index in [0.29, 0.717) is 40.9 Å². The molecule has 2 aromatic heterocycles. The summed E-state index contributed by atoms with van der Waals surface area (Å²) in [5, 5.41) is 6.93. The number of amides is 1. The molecule has 176 valence electrons. The van der Waals surface area contributed by atoms with Crippen molar-refractivity contribution in [3.63, 3.8) is 0 Å². The van der Waals surface area contributed by atoms with Crippen LogP contribution in [-0.2, 0) is 14.8 Å². The highest BCUT2D eigenvalue weighted by atomic mass is 32.2. The number of hydrogen-bond donors (Lipinski definition) is 1. The third-order valence-electron chi connectivity index (χ3n) is 5.69. The van der Waals surface area contributed by atoms with Crippen LogP contribution in [0.25, 0.3) is 10.7 Å². The lowest BCUT2D eigenvalue weighted by Gasteiger charge is -2.31. The fraction of sp³-hybridized carbons (Fsp3) is 0.435. The number of sulfonamides is 1. The minimum absolute atomic E-state index is 0.0896. The van der Waals surface area contributed by atoms with Gasteiger partial charge in [-0.25, -0.2) is 8.42 Å². The van der Waals surface area contributed by atoms with Crippen molar-refractivity contribution in [3.8, 4) is 10.7 Å². The minimum atomic E-state index is -3.76. The van der Waals surface area contributed by atoms with E-state index in [1.165, 1.54) is 15.6 Å². The third-order valence-corrected chi connectivity index (χ3v) is 8.85. The van der Waals surface area contributed by atoms with E-state index in [2.05, 4.69) is 15.5 Å². The van der Waals surface area contributed by atoms with E-state index in [-0.39, 0.29) is 23.3 Å². The first kappa shape index (κ1) is 23.6. The van der Waals surface area contributed by atoms with Crippen LogP contribution in [0.1, 0.15) is 48.9 Å². The summed E-state index contributed by atoms with van der Waals surface area (Å²) in [4.78, 5) is 18.8. The number of piperidine rings is 1. The van der Waals surface area contributed by atoms with Crippen LogP contribution in [-0.4, -0.2) is 41.9 Å². The Kier molecular flexibility index (Phi) is 6.69. The van der Waals surface area contributed by atoms with E-state index < -0.39 is 15.9 Å². The van der Waals surface area contributed by atoms with Gasteiger partial charge in [0.25, 0.3) is 0 Å². The van der Waals surface area contributed by atoms with Crippen LogP contribution in [0, 0.1) is 19.8 Å². The zero-order valence-corrected chi connectivity index (χ0v) is 20.8. The fourth-order valence-electron chi connectivity index (χ4n) is 3.88. The Hall–Kier alpha value is -2.56. The molecule has 0 unspecified atom stereocenters. The molecule has 1 aliphatic rings. The SMILES string of the molecule is Cc1cccc(NC(=O)[C@@H]2CCCN(S(=O)(=O)c3cc(-c4noc(C(C)C)n4)sc3C)C2)c1. The summed E-state index contributed by atoms with van der Waals surface area (Å²) in [6.07, 6.45) is 1.28. The number of benzene rings is 1. The molecule has 1 fully saturated rings. The molecule has 10 heteroatoms. The van der Waals surface area contributed by atoms with Gasteiger partial charge in [-0.15, -0.1) is 11.3 Å². The Morgan fingerprint density at radius 2 is 2.06 bits per heavy atom. The number of nitrogens with zero attached hydrogens (tertiary/aromatic N) is 3. The molecule has 3 aromatic rings. The zero-order chi connectivity index (χ0) is 23.8. The second-order valence-electron chi connectivity index (χ2n) is 8.70. The third kappa shape index (κ3) is 5.02. The van der Waals surface area contributed by atoms with Crippen LogP contribution in [0.15, 0.2) is 39.8 Å². The van der Waals surface area contributed by atoms with Gasteiger partial charge in [-0.3, -0.25) is 4.79 Å². The van der Waals surface area contributed by atoms with E-state index in [9.17, 15) is 13.2 Å². The number of hydrogen-bond acceptors (Lipinski definition) is 7. The van der Waals surface area contributed by atoms with E-state index in [0.717, 1.165) is 11.3 Å². The number of aryl methyl sites for hydroxylation is 2. The lowest BCUT2D eigenvalue weighted by molar-refractivity contribution is -0.120. The van der Waals surface area contributed by atoms with Crippen LogP contribution >= 0.6 is 11.3 Å². The number of anilines is 1. The molecule has 0 saturated carbocycles. The number of nitrogens with one attached hydrogen (secondary N) is 1. The van der Waals surface area contributed by atoms with E-state index in [4.69, 9.17) is 4.52 Å². The maximum atomic E-state index is 13.5. The van der Waals surface area contributed by atoms with Gasteiger partial charge < -0.3 is 9.84 Å². The van der Waals surface area contributed by atoms with Gasteiger partial charge in [0.1, 0.15) is 0 Å². The van der Waals surface area contributed by atoms with E-state index in [1.54, 1.807) is 13.0 Å². The zero-order valence-electron chi connectivity index (χ0n) is 19.2. The van der Waals surface area contributed by atoms with Crippen LogP contribution in [0.4, 0.5) is 5.69 Å². The summed E-state index contributed by atoms with van der Waals surface area (Å²) >= 11 is 1.32. The average molecular weight is 489 g/mol. The van der Waals surface area contributed by atoms with E-state index >= 15 is 0 Å². The van der Waals surface area contributed by atoms with Gasteiger partial charge in [-0.1, -0.05) is 31.1 Å². The number of carbonyl (C=O) groups is 1. The maximum absolute atomic E-state index is 13.5. The second kappa shape index (κ2) is 9.36. The van der Waals surface area contributed by atoms with Gasteiger partial charge in [0, 0.05) is 29.6 Å². The van der Waals surface area contributed by atoms with Crippen LogP contribution in [0.5, 0.6) is 0 Å². The molecule has 33 heavy (non-hydrogen) atoms. The first-order valence-corrected chi connectivity index (χ1v) is 13.2. The molecule has 0 aliphatic carbocycles. The molecule has 4 rings (SSSR count). The Morgan fingerprint density at radius 3 is 2.76 bits per heavy atom. The number of rotatable bonds is 6. The maximum Gasteiger partial charge on any atom is 0.244 e. The fourth-order valence-corrected chi connectivity index (χ4v) is 6.89. The monoisotopic (exact) mass is 488 g/mol. The van der Waals surface area contributed by atoms with Gasteiger partial charge >= 0.3 is 0 Å². The molecular weight excluding hydrogens is 460 g/mol. The smallest absolute Gasteiger partial charge is 0.244 e. The van der Waals surface area contributed by atoms with Gasteiger partial charge in [0.05, 0.1) is 15.7 Å². The van der Waals surface area contributed by atoms with Crippen molar-refractivity contribution in [2.24, 2.45) is 5.92 Å². The molecule has 0 radical (unpaired) electrons. The quantitative estimate of drug-likeness (QED) is 0.545. The Balaban J connectivity index is 1.52. The number of thiophene rings is 1. The normalized spacial score (nSPS) is 17.4. The topological polar surface area (TPSA) is 105 Å². The first-order chi connectivity index (χ1) is 15.6. The summed E-state index contributed by atoms with van der Waals surface area (Å²) in [5.41, 5.74) is 1.77. The molecule has 1 aromatic carbocycles. The Bertz CT molecular complexity index is 1260. The molecule has 1 N–H and O–H groups in total. The molecule has 1 amide bonds. The van der Waals surface area contributed by atoms with Crippen LogP contribution < -0.4 is 5.32 Å². The van der Waals surface area contributed by atoms with Crippen LogP contribution in [0.2, 0.25) is 0 Å². The van der Waals surface area contributed by atoms with Gasteiger partial charge in [0.2, 0.25) is 27.6 Å². The summed E-state index contributed by atoms with van der Waals surface area (Å²) in [6, 6.07) is 9.18. The standard InChI is InChI=1S/C23H28N4O4S2/c1-14(2)23-25-21(26-31-23)19-12-20(16(4)32-19)33(29,30)27-10-6-8-17(13-27)22(28)24-18-9-5-7-15(3)11-18/h5,7,9,11-12,14,17H,6,8,10,13H2,1-4H3,(H,24,28)/t17-/m1/s1. The Morgan fingerprint density at radius 1 is 1.27 bits per heavy atom. The molecule has 0 spiro atoms. The molecule has 1 saturated heterocycles. The van der Waals surface area contributed by atoms with Crippen LogP contribution in [0.3, 0.4) is 0 Å². The van der Waals surface area contributed by atoms with Crippen molar-refractivity contribution >= 4 is 33.0 Å². The van der Waals surface area contributed by atoms with E-state index in [1.807, 2.05) is 45.0 Å². The number of carbonyl (C=O) groups excluding carboxylic acids is 1. The van der Waals surface area contributed by atoms with Gasteiger partial charge in [0.15, 0.2) is 0 Å². The second-order valence-corrected chi connectivity index (χ2v) is 11.9. The van der Waals surface area contributed by atoms with Crippen molar-refractivity contribution in [3.05, 3.63) is 46.7 Å². The van der Waals surface area contributed by atoms with Crippen molar-refractivity contribution in [2.45, 2.75) is 51.3 Å². The molecule has 3 heterocycles. The molecule has 8 nitrogen and oxygen atoms in total. The summed E-state index contributed by atoms with van der Waals surface area (Å²) in [6.45, 7) is 8.19. The molecule has 0 bridgehead atoms. The highest BCUT2D eigenvalue weighted by Crippen LogP contribution is 2.35. The highest BCUT2D eigenvalue weighted by molar-refractivity contribution is 7.89. The summed E-state index contributed by atoms with van der Waals surface area (Å²) < 4.78 is 33.6. The predicted octanol–water partition coefficient (Wildman–Crippen LogP) is 4.58. The minimum Gasteiger partial charge on any atom is -0.339 e.